The Labute approximate surface area is 115 Å². The number of aromatic nitrogens is 3. The van der Waals surface area contributed by atoms with Crippen LogP contribution in [0.2, 0.25) is 0 Å². The largest absolute Gasteiger partial charge is 0.295 e. The minimum atomic E-state index is 0.677. The number of H-pyrrole nitrogens is 1. The highest BCUT2D eigenvalue weighted by molar-refractivity contribution is 7.71. The van der Waals surface area contributed by atoms with E-state index in [4.69, 9.17) is 17.2 Å². The lowest BCUT2D eigenvalue weighted by atomic mass is 10.1. The number of benzene rings is 1. The molecule has 1 aromatic carbocycles. The van der Waals surface area contributed by atoms with E-state index in [0.717, 1.165) is 21.5 Å². The standard InChI is InChI=1S/C15H13N3S/c19-15-9-12(10-4-2-1-3-5-10)16-14-8-13(11-6-7-11)17-18(14)15/h1-5,8-9,11,17H,6-7H2. The van der Waals surface area contributed by atoms with E-state index in [1.54, 1.807) is 0 Å². The number of fused-ring (bicyclic) bond motifs is 1. The summed E-state index contributed by atoms with van der Waals surface area (Å²) in [7, 11) is 0. The third-order valence-corrected chi connectivity index (χ3v) is 3.86. The summed E-state index contributed by atoms with van der Waals surface area (Å²) >= 11 is 5.45. The molecule has 1 aliphatic carbocycles. The van der Waals surface area contributed by atoms with Gasteiger partial charge < -0.3 is 0 Å². The van der Waals surface area contributed by atoms with E-state index in [9.17, 15) is 0 Å². The van der Waals surface area contributed by atoms with Crippen LogP contribution in [0.5, 0.6) is 0 Å². The molecule has 3 nitrogen and oxygen atoms in total. The van der Waals surface area contributed by atoms with Gasteiger partial charge in [0.15, 0.2) is 5.65 Å². The molecule has 4 heteroatoms. The van der Waals surface area contributed by atoms with Crippen LogP contribution in [-0.4, -0.2) is 14.6 Å². The summed E-state index contributed by atoms with van der Waals surface area (Å²) in [5.41, 5.74) is 4.20. The van der Waals surface area contributed by atoms with E-state index in [1.807, 2.05) is 28.8 Å². The molecule has 94 valence electrons. The van der Waals surface area contributed by atoms with Crippen molar-refractivity contribution in [3.05, 3.63) is 52.8 Å². The highest BCUT2D eigenvalue weighted by atomic mass is 32.1. The normalized spacial score (nSPS) is 14.9. The van der Waals surface area contributed by atoms with Crippen LogP contribution in [0.4, 0.5) is 0 Å². The fourth-order valence-electron chi connectivity index (χ4n) is 2.37. The second kappa shape index (κ2) is 4.03. The van der Waals surface area contributed by atoms with Crippen LogP contribution in [0.15, 0.2) is 42.5 Å². The van der Waals surface area contributed by atoms with Crippen molar-refractivity contribution < 1.29 is 0 Å². The van der Waals surface area contributed by atoms with Gasteiger partial charge in [-0.2, -0.15) is 0 Å². The molecule has 1 fully saturated rings. The van der Waals surface area contributed by atoms with E-state index in [2.05, 4.69) is 23.3 Å². The zero-order valence-electron chi connectivity index (χ0n) is 10.3. The molecular formula is C15H13N3S. The van der Waals surface area contributed by atoms with Crippen molar-refractivity contribution in [3.8, 4) is 11.3 Å². The molecule has 0 bridgehead atoms. The van der Waals surface area contributed by atoms with E-state index in [-0.39, 0.29) is 0 Å². The summed E-state index contributed by atoms with van der Waals surface area (Å²) in [6.45, 7) is 0. The van der Waals surface area contributed by atoms with Crippen molar-refractivity contribution in [1.29, 1.82) is 0 Å². The van der Waals surface area contributed by atoms with Crippen molar-refractivity contribution in [2.24, 2.45) is 0 Å². The Kier molecular flexibility index (Phi) is 2.32. The van der Waals surface area contributed by atoms with Gasteiger partial charge in [-0.05, 0) is 12.8 Å². The van der Waals surface area contributed by atoms with E-state index in [0.29, 0.717) is 5.92 Å². The van der Waals surface area contributed by atoms with Crippen LogP contribution in [0.25, 0.3) is 16.9 Å². The maximum atomic E-state index is 5.45. The van der Waals surface area contributed by atoms with Gasteiger partial charge in [0, 0.05) is 29.3 Å². The van der Waals surface area contributed by atoms with Crippen molar-refractivity contribution >= 4 is 17.9 Å². The number of hydrogen-bond donors (Lipinski definition) is 1. The molecule has 2 aromatic heterocycles. The molecule has 0 amide bonds. The Morgan fingerprint density at radius 3 is 2.68 bits per heavy atom. The quantitative estimate of drug-likeness (QED) is 0.713. The molecule has 3 aromatic rings. The maximum absolute atomic E-state index is 5.45. The molecule has 0 unspecified atom stereocenters. The van der Waals surface area contributed by atoms with Gasteiger partial charge in [-0.15, -0.1) is 0 Å². The highest BCUT2D eigenvalue weighted by Crippen LogP contribution is 2.39. The topological polar surface area (TPSA) is 33.1 Å². The van der Waals surface area contributed by atoms with E-state index in [1.165, 1.54) is 18.5 Å². The maximum Gasteiger partial charge on any atom is 0.155 e. The molecule has 0 saturated heterocycles. The monoisotopic (exact) mass is 267 g/mol. The SMILES string of the molecule is S=c1cc(-c2ccccc2)nc2cc(C3CC3)[nH]n12. The Balaban J connectivity index is 1.92. The van der Waals surface area contributed by atoms with Gasteiger partial charge in [0.2, 0.25) is 0 Å². The minimum Gasteiger partial charge on any atom is -0.295 e. The molecule has 0 atom stereocenters. The van der Waals surface area contributed by atoms with E-state index < -0.39 is 0 Å². The highest BCUT2D eigenvalue weighted by Gasteiger charge is 2.25. The first-order valence-electron chi connectivity index (χ1n) is 6.49. The summed E-state index contributed by atoms with van der Waals surface area (Å²) in [6.07, 6.45) is 2.54. The van der Waals surface area contributed by atoms with Crippen LogP contribution < -0.4 is 0 Å². The van der Waals surface area contributed by atoms with E-state index >= 15 is 0 Å². The minimum absolute atomic E-state index is 0.677. The number of hydrogen-bond acceptors (Lipinski definition) is 2. The van der Waals surface area contributed by atoms with Gasteiger partial charge in [-0.1, -0.05) is 42.5 Å². The first kappa shape index (κ1) is 10.9. The smallest absolute Gasteiger partial charge is 0.155 e. The lowest BCUT2D eigenvalue weighted by molar-refractivity contribution is 0.872. The first-order chi connectivity index (χ1) is 9.31. The molecule has 2 heterocycles. The predicted octanol–water partition coefficient (Wildman–Crippen LogP) is 3.94. The van der Waals surface area contributed by atoms with Crippen molar-refractivity contribution in [2.75, 3.05) is 0 Å². The molecule has 1 N–H and O–H groups in total. The predicted molar refractivity (Wildman–Crippen MR) is 77.8 cm³/mol. The van der Waals surface area contributed by atoms with Gasteiger partial charge in [0.1, 0.15) is 4.64 Å². The molecule has 0 radical (unpaired) electrons. The number of aromatic amines is 1. The molecule has 1 saturated carbocycles. The van der Waals surface area contributed by atoms with Gasteiger partial charge in [0.25, 0.3) is 0 Å². The second-order valence-electron chi connectivity index (χ2n) is 5.03. The molecule has 0 aliphatic heterocycles. The third kappa shape index (κ3) is 1.88. The Hall–Kier alpha value is -1.94. The molecule has 19 heavy (non-hydrogen) atoms. The number of nitrogens with zero attached hydrogens (tertiary/aromatic N) is 2. The first-order valence-corrected chi connectivity index (χ1v) is 6.90. The zero-order chi connectivity index (χ0) is 12.8. The number of rotatable bonds is 2. The van der Waals surface area contributed by atoms with Gasteiger partial charge in [-0.25, -0.2) is 9.50 Å². The second-order valence-corrected chi connectivity index (χ2v) is 5.44. The average Bonchev–Trinajstić information content (AvgIpc) is 3.20. The lowest BCUT2D eigenvalue weighted by Gasteiger charge is -2.01. The van der Waals surface area contributed by atoms with Crippen LogP contribution in [-0.2, 0) is 0 Å². The van der Waals surface area contributed by atoms with Gasteiger partial charge in [-0.3, -0.25) is 5.10 Å². The lowest BCUT2D eigenvalue weighted by Crippen LogP contribution is -1.94. The molecule has 1 aliphatic rings. The molecule has 0 spiro atoms. The van der Waals surface area contributed by atoms with Gasteiger partial charge >= 0.3 is 0 Å². The van der Waals surface area contributed by atoms with Crippen molar-refractivity contribution in [3.63, 3.8) is 0 Å². The van der Waals surface area contributed by atoms with Crippen LogP contribution >= 0.6 is 12.2 Å². The Morgan fingerprint density at radius 1 is 1.16 bits per heavy atom. The summed E-state index contributed by atoms with van der Waals surface area (Å²) in [4.78, 5) is 4.70. The van der Waals surface area contributed by atoms with Crippen LogP contribution in [0, 0.1) is 4.64 Å². The van der Waals surface area contributed by atoms with Crippen molar-refractivity contribution in [2.45, 2.75) is 18.8 Å². The average molecular weight is 267 g/mol. The molecular weight excluding hydrogens is 254 g/mol. The molecule has 4 rings (SSSR count). The summed E-state index contributed by atoms with van der Waals surface area (Å²) in [5, 5.41) is 3.35. The summed E-state index contributed by atoms with van der Waals surface area (Å²) < 4.78 is 2.67. The third-order valence-electron chi connectivity index (χ3n) is 3.56. The zero-order valence-corrected chi connectivity index (χ0v) is 11.2. The Morgan fingerprint density at radius 2 is 1.95 bits per heavy atom. The van der Waals surface area contributed by atoms with Crippen molar-refractivity contribution in [1.82, 2.24) is 14.6 Å². The fraction of sp³-hybridized carbons (Fsp3) is 0.200. The summed E-state index contributed by atoms with van der Waals surface area (Å²) in [5.74, 6) is 0.677. The fourth-order valence-corrected chi connectivity index (χ4v) is 2.62. The summed E-state index contributed by atoms with van der Waals surface area (Å²) in [6, 6.07) is 14.2. The van der Waals surface area contributed by atoms with Crippen LogP contribution in [0.3, 0.4) is 0 Å². The Bertz CT molecular complexity index is 797. The van der Waals surface area contributed by atoms with Gasteiger partial charge in [0.05, 0.1) is 5.69 Å². The number of nitrogens with one attached hydrogen (secondary N) is 1. The van der Waals surface area contributed by atoms with Crippen LogP contribution in [0.1, 0.15) is 24.5 Å².